The Bertz CT molecular complexity index is 1200. The van der Waals surface area contributed by atoms with E-state index in [1.165, 1.54) is 12.1 Å². The maximum absolute atomic E-state index is 12.7. The fourth-order valence-electron chi connectivity index (χ4n) is 3.04. The monoisotopic (exact) mass is 388 g/mol. The second kappa shape index (κ2) is 6.36. The molecule has 1 N–H and O–H groups in total. The molecule has 0 saturated heterocycles. The summed E-state index contributed by atoms with van der Waals surface area (Å²) in [4.78, 5) is 19.1. The molecule has 4 rings (SSSR count). The number of hydrogen-bond donors (Lipinski definition) is 1. The quantitative estimate of drug-likeness (QED) is 0.554. The predicted molar refractivity (Wildman–Crippen MR) is 96.7 cm³/mol. The zero-order chi connectivity index (χ0) is 20.1. The smallest absolute Gasteiger partial charge is 0.334 e. The lowest BCUT2D eigenvalue weighted by molar-refractivity contribution is -0.137. The number of benzene rings is 2. The Hall–Kier alpha value is -3.36. The van der Waals surface area contributed by atoms with Crippen molar-refractivity contribution in [3.05, 3.63) is 58.5 Å². The Morgan fingerprint density at radius 2 is 1.75 bits per heavy atom. The largest absolute Gasteiger partial charge is 0.416 e. The van der Waals surface area contributed by atoms with Gasteiger partial charge < -0.3 is 9.51 Å². The van der Waals surface area contributed by atoms with Gasteiger partial charge in [0.2, 0.25) is 5.82 Å². The number of rotatable bonds is 3. The molecule has 0 amide bonds. The third-order valence-corrected chi connectivity index (χ3v) is 4.38. The number of H-pyrrole nitrogens is 1. The van der Waals surface area contributed by atoms with Crippen LogP contribution in [0.15, 0.2) is 51.8 Å². The average molecular weight is 388 g/mol. The van der Waals surface area contributed by atoms with Crippen LogP contribution < -0.4 is 5.69 Å². The summed E-state index contributed by atoms with van der Waals surface area (Å²) in [6.07, 6.45) is -4.41. The van der Waals surface area contributed by atoms with Gasteiger partial charge in [-0.2, -0.15) is 18.2 Å². The fourth-order valence-corrected chi connectivity index (χ4v) is 3.04. The van der Waals surface area contributed by atoms with Crippen molar-refractivity contribution >= 4 is 11.0 Å². The van der Waals surface area contributed by atoms with Gasteiger partial charge in [-0.05, 0) is 56.3 Å². The molecule has 2 heterocycles. The highest BCUT2D eigenvalue weighted by Gasteiger charge is 2.30. The van der Waals surface area contributed by atoms with Crippen molar-refractivity contribution < 1.29 is 17.7 Å². The molecule has 0 aliphatic rings. The highest BCUT2D eigenvalue weighted by molar-refractivity contribution is 5.81. The summed E-state index contributed by atoms with van der Waals surface area (Å²) in [7, 11) is 0. The van der Waals surface area contributed by atoms with Gasteiger partial charge in [0.15, 0.2) is 0 Å². The number of aromatic amines is 1. The second-order valence-corrected chi connectivity index (χ2v) is 6.62. The molecular weight excluding hydrogens is 373 g/mol. The average Bonchev–Trinajstić information content (AvgIpc) is 3.24. The normalized spacial score (nSPS) is 12.2. The van der Waals surface area contributed by atoms with Gasteiger partial charge in [-0.25, -0.2) is 4.79 Å². The molecule has 0 aliphatic carbocycles. The Morgan fingerprint density at radius 3 is 2.39 bits per heavy atom. The van der Waals surface area contributed by atoms with E-state index in [4.69, 9.17) is 4.52 Å². The van der Waals surface area contributed by atoms with Crippen LogP contribution in [0.25, 0.3) is 33.9 Å². The summed E-state index contributed by atoms with van der Waals surface area (Å²) in [5.74, 6) is 0.381. The molecule has 2 aromatic heterocycles. The zero-order valence-corrected chi connectivity index (χ0v) is 14.9. The van der Waals surface area contributed by atoms with Crippen molar-refractivity contribution in [3.8, 4) is 22.8 Å². The minimum Gasteiger partial charge on any atom is -0.334 e. The molecule has 144 valence electrons. The molecule has 0 fully saturated rings. The van der Waals surface area contributed by atoms with E-state index in [0.717, 1.165) is 17.6 Å². The van der Waals surface area contributed by atoms with Crippen LogP contribution in [0.4, 0.5) is 13.2 Å². The number of aromatic nitrogens is 4. The van der Waals surface area contributed by atoms with Crippen molar-refractivity contribution in [1.29, 1.82) is 0 Å². The number of fused-ring (bicyclic) bond motifs is 1. The van der Waals surface area contributed by atoms with Crippen LogP contribution in [0.2, 0.25) is 0 Å². The van der Waals surface area contributed by atoms with E-state index in [2.05, 4.69) is 15.1 Å². The lowest BCUT2D eigenvalue weighted by Gasteiger charge is -2.06. The van der Waals surface area contributed by atoms with Gasteiger partial charge in [-0.15, -0.1) is 0 Å². The van der Waals surface area contributed by atoms with E-state index in [0.29, 0.717) is 16.6 Å². The molecule has 28 heavy (non-hydrogen) atoms. The minimum absolute atomic E-state index is 0.00329. The molecule has 9 heteroatoms. The molecule has 0 atom stereocenters. The third kappa shape index (κ3) is 3.08. The van der Waals surface area contributed by atoms with Gasteiger partial charge in [-0.3, -0.25) is 4.57 Å². The van der Waals surface area contributed by atoms with Gasteiger partial charge in [0.1, 0.15) is 0 Å². The molecule has 0 aliphatic heterocycles. The zero-order valence-electron chi connectivity index (χ0n) is 14.9. The van der Waals surface area contributed by atoms with E-state index in [1.54, 1.807) is 22.8 Å². The lowest BCUT2D eigenvalue weighted by atomic mass is 10.1. The summed E-state index contributed by atoms with van der Waals surface area (Å²) in [6, 6.07) is 9.77. The summed E-state index contributed by atoms with van der Waals surface area (Å²) in [5.41, 5.74) is 1.44. The highest BCUT2D eigenvalue weighted by atomic mass is 19.4. The molecule has 0 radical (unpaired) electrons. The van der Waals surface area contributed by atoms with Crippen LogP contribution in [-0.4, -0.2) is 19.7 Å². The van der Waals surface area contributed by atoms with Gasteiger partial charge >= 0.3 is 11.9 Å². The van der Waals surface area contributed by atoms with Crippen molar-refractivity contribution in [2.24, 2.45) is 0 Å². The van der Waals surface area contributed by atoms with E-state index in [1.807, 2.05) is 13.8 Å². The molecule has 6 nitrogen and oxygen atoms in total. The number of alkyl halides is 3. The van der Waals surface area contributed by atoms with E-state index < -0.39 is 11.7 Å². The van der Waals surface area contributed by atoms with Crippen molar-refractivity contribution in [3.63, 3.8) is 0 Å². The first-order valence-corrected chi connectivity index (χ1v) is 8.50. The second-order valence-electron chi connectivity index (χ2n) is 6.62. The van der Waals surface area contributed by atoms with Crippen LogP contribution in [0.1, 0.15) is 25.5 Å². The predicted octanol–water partition coefficient (Wildman–Crippen LogP) is 4.65. The van der Waals surface area contributed by atoms with Gasteiger partial charge in [0.05, 0.1) is 16.6 Å². The summed E-state index contributed by atoms with van der Waals surface area (Å²) in [6.45, 7) is 3.83. The van der Waals surface area contributed by atoms with Crippen LogP contribution in [0, 0.1) is 0 Å². The molecule has 4 aromatic rings. The summed E-state index contributed by atoms with van der Waals surface area (Å²) < 4.78 is 44.9. The van der Waals surface area contributed by atoms with E-state index in [9.17, 15) is 18.0 Å². The molecule has 0 saturated carbocycles. The number of nitrogens with zero attached hydrogens (tertiary/aromatic N) is 3. The number of halogens is 3. The fraction of sp³-hybridized carbons (Fsp3) is 0.211. The van der Waals surface area contributed by atoms with Gasteiger partial charge in [0.25, 0.3) is 5.89 Å². The molecule has 2 aromatic carbocycles. The SMILES string of the molecule is CC(C)n1c(=O)[nH]c2cc(-c3noc(-c4ccc(C(F)(F)F)cc4)n3)ccc21. The van der Waals surface area contributed by atoms with Crippen LogP contribution in [-0.2, 0) is 6.18 Å². The van der Waals surface area contributed by atoms with Crippen LogP contribution >= 0.6 is 0 Å². The maximum atomic E-state index is 12.7. The van der Waals surface area contributed by atoms with Gasteiger partial charge in [-0.1, -0.05) is 5.16 Å². The van der Waals surface area contributed by atoms with Crippen molar-refractivity contribution in [2.75, 3.05) is 0 Å². The molecular formula is C19H15F3N4O2. The Morgan fingerprint density at radius 1 is 1.07 bits per heavy atom. The summed E-state index contributed by atoms with van der Waals surface area (Å²) in [5, 5.41) is 3.90. The lowest BCUT2D eigenvalue weighted by Crippen LogP contribution is -2.18. The highest BCUT2D eigenvalue weighted by Crippen LogP contribution is 2.31. The third-order valence-electron chi connectivity index (χ3n) is 4.38. The van der Waals surface area contributed by atoms with E-state index in [-0.39, 0.29) is 23.4 Å². The molecule has 0 spiro atoms. The Kier molecular flexibility index (Phi) is 4.10. The van der Waals surface area contributed by atoms with E-state index >= 15 is 0 Å². The number of hydrogen-bond acceptors (Lipinski definition) is 4. The number of nitrogens with one attached hydrogen (secondary N) is 1. The number of imidazole rings is 1. The van der Waals surface area contributed by atoms with Crippen LogP contribution in [0.5, 0.6) is 0 Å². The standard InChI is InChI=1S/C19H15F3N4O2/c1-10(2)26-15-8-5-12(9-14(15)23-18(26)27)16-24-17(28-25-16)11-3-6-13(7-4-11)19(20,21)22/h3-10H,1-2H3,(H,23,27). The Labute approximate surface area is 156 Å². The van der Waals surface area contributed by atoms with Crippen molar-refractivity contribution in [2.45, 2.75) is 26.1 Å². The van der Waals surface area contributed by atoms with Crippen LogP contribution in [0.3, 0.4) is 0 Å². The minimum atomic E-state index is -4.41. The first-order valence-electron chi connectivity index (χ1n) is 8.50. The van der Waals surface area contributed by atoms with Gasteiger partial charge in [0, 0.05) is 17.2 Å². The first-order chi connectivity index (χ1) is 13.2. The Balaban J connectivity index is 1.68. The maximum Gasteiger partial charge on any atom is 0.416 e. The first kappa shape index (κ1) is 18.0. The summed E-state index contributed by atoms with van der Waals surface area (Å²) >= 11 is 0. The van der Waals surface area contributed by atoms with Crippen molar-refractivity contribution in [1.82, 2.24) is 19.7 Å². The molecule has 0 unspecified atom stereocenters. The topological polar surface area (TPSA) is 76.7 Å². The molecule has 0 bridgehead atoms.